The molecule has 0 aliphatic rings. The van der Waals surface area contributed by atoms with E-state index in [0.717, 1.165) is 11.8 Å². The topological polar surface area (TPSA) is 89.5 Å². The second-order valence-electron chi connectivity index (χ2n) is 7.07. The number of amides is 1. The van der Waals surface area contributed by atoms with Gasteiger partial charge in [-0.1, -0.05) is 51.1 Å². The summed E-state index contributed by atoms with van der Waals surface area (Å²) >= 11 is 0. The summed E-state index contributed by atoms with van der Waals surface area (Å²) in [6.07, 6.45) is 0.920. The number of sulfonamides is 1. The van der Waals surface area contributed by atoms with Crippen molar-refractivity contribution in [1.82, 2.24) is 4.72 Å². The maximum Gasteiger partial charge on any atom is 0.338 e. The van der Waals surface area contributed by atoms with Gasteiger partial charge in [-0.3, -0.25) is 4.79 Å². The first-order valence-electron chi connectivity index (χ1n) is 8.96. The minimum absolute atomic E-state index is 0.0634. The molecule has 6 nitrogen and oxygen atoms in total. The Morgan fingerprint density at radius 3 is 2.18 bits per heavy atom. The molecule has 1 amide bonds. The number of esters is 1. The van der Waals surface area contributed by atoms with Gasteiger partial charge in [-0.2, -0.15) is 0 Å². The van der Waals surface area contributed by atoms with Gasteiger partial charge >= 0.3 is 5.97 Å². The Kier molecular flexibility index (Phi) is 6.96. The Balaban J connectivity index is 2.08. The van der Waals surface area contributed by atoms with Crippen LogP contribution in [0.3, 0.4) is 0 Å². The molecule has 0 fully saturated rings. The SMILES string of the molecule is CC(C)c1ccc(C(=O)OCC(C)c2ccccc2C(=O)NS(C)(=O)=O)cc1. The van der Waals surface area contributed by atoms with Crippen molar-refractivity contribution < 1.29 is 22.7 Å². The maximum absolute atomic E-state index is 12.3. The molecule has 0 aliphatic heterocycles. The van der Waals surface area contributed by atoms with Crippen molar-refractivity contribution in [2.75, 3.05) is 12.9 Å². The van der Waals surface area contributed by atoms with Gasteiger partial charge in [-0.15, -0.1) is 0 Å². The average molecular weight is 404 g/mol. The fourth-order valence-electron chi connectivity index (χ4n) is 2.73. The lowest BCUT2D eigenvalue weighted by Crippen LogP contribution is -2.30. The van der Waals surface area contributed by atoms with E-state index in [1.807, 2.05) is 23.8 Å². The van der Waals surface area contributed by atoms with Crippen LogP contribution >= 0.6 is 0 Å². The van der Waals surface area contributed by atoms with Crippen molar-refractivity contribution in [2.45, 2.75) is 32.6 Å². The first kappa shape index (κ1) is 21.6. The number of rotatable bonds is 7. The predicted octanol–water partition coefficient (Wildman–Crippen LogP) is 3.46. The molecule has 0 aliphatic carbocycles. The summed E-state index contributed by atoms with van der Waals surface area (Å²) in [7, 11) is -3.67. The van der Waals surface area contributed by atoms with Crippen LogP contribution in [0.1, 0.15) is 64.4 Å². The molecule has 0 saturated carbocycles. The Hall–Kier alpha value is -2.67. The standard InChI is InChI=1S/C21H25NO5S/c1-14(2)16-9-11-17(12-10-16)21(24)27-13-15(3)18-7-5-6-8-19(18)20(23)22-28(4,25)26/h5-12,14-15H,13H2,1-4H3,(H,22,23). The van der Waals surface area contributed by atoms with Crippen molar-refractivity contribution in [3.05, 3.63) is 70.8 Å². The zero-order chi connectivity index (χ0) is 20.9. The summed E-state index contributed by atoms with van der Waals surface area (Å²) in [5, 5.41) is 0. The molecule has 0 aromatic heterocycles. The van der Waals surface area contributed by atoms with E-state index in [1.165, 1.54) is 0 Å². The van der Waals surface area contributed by atoms with E-state index in [0.29, 0.717) is 17.0 Å². The Labute approximate surface area is 166 Å². The Morgan fingerprint density at radius 2 is 1.61 bits per heavy atom. The van der Waals surface area contributed by atoms with Gasteiger partial charge in [-0.05, 0) is 35.2 Å². The second kappa shape index (κ2) is 9.01. The second-order valence-corrected chi connectivity index (χ2v) is 8.82. The highest BCUT2D eigenvalue weighted by molar-refractivity contribution is 7.89. The summed E-state index contributed by atoms with van der Waals surface area (Å²) in [6.45, 7) is 6.02. The lowest BCUT2D eigenvalue weighted by molar-refractivity contribution is 0.0485. The van der Waals surface area contributed by atoms with Crippen LogP contribution in [0.15, 0.2) is 48.5 Å². The zero-order valence-electron chi connectivity index (χ0n) is 16.4. The monoisotopic (exact) mass is 403 g/mol. The van der Waals surface area contributed by atoms with E-state index in [2.05, 4.69) is 13.8 Å². The number of benzene rings is 2. The van der Waals surface area contributed by atoms with Crippen molar-refractivity contribution in [3.63, 3.8) is 0 Å². The highest BCUT2D eigenvalue weighted by Crippen LogP contribution is 2.21. The molecule has 2 aromatic carbocycles. The summed E-state index contributed by atoms with van der Waals surface area (Å²) < 4.78 is 30.0. The third-order valence-corrected chi connectivity index (χ3v) is 4.85. The van der Waals surface area contributed by atoms with E-state index in [1.54, 1.807) is 36.4 Å². The molecule has 0 radical (unpaired) electrons. The van der Waals surface area contributed by atoms with Crippen LogP contribution in [-0.4, -0.2) is 33.2 Å². The third-order valence-electron chi connectivity index (χ3n) is 4.29. The largest absolute Gasteiger partial charge is 0.461 e. The molecule has 7 heteroatoms. The van der Waals surface area contributed by atoms with Crippen molar-refractivity contribution >= 4 is 21.9 Å². The fourth-order valence-corrected chi connectivity index (χ4v) is 3.18. The highest BCUT2D eigenvalue weighted by atomic mass is 32.2. The van der Waals surface area contributed by atoms with Crippen LogP contribution < -0.4 is 4.72 Å². The van der Waals surface area contributed by atoms with Gasteiger partial charge in [0.1, 0.15) is 0 Å². The van der Waals surface area contributed by atoms with E-state index in [4.69, 9.17) is 4.74 Å². The van der Waals surface area contributed by atoms with Gasteiger partial charge < -0.3 is 4.74 Å². The molecule has 0 spiro atoms. The maximum atomic E-state index is 12.3. The minimum Gasteiger partial charge on any atom is -0.461 e. The Morgan fingerprint density at radius 1 is 1.00 bits per heavy atom. The molecule has 1 unspecified atom stereocenters. The fraction of sp³-hybridized carbons (Fsp3) is 0.333. The predicted molar refractivity (Wildman–Crippen MR) is 108 cm³/mol. The van der Waals surface area contributed by atoms with Crippen LogP contribution in [0, 0.1) is 0 Å². The molecule has 1 atom stereocenters. The summed E-state index contributed by atoms with van der Waals surface area (Å²) in [5.41, 5.74) is 2.43. The van der Waals surface area contributed by atoms with E-state index >= 15 is 0 Å². The molecule has 2 rings (SSSR count). The highest BCUT2D eigenvalue weighted by Gasteiger charge is 2.19. The average Bonchev–Trinajstić information content (AvgIpc) is 2.64. The van der Waals surface area contributed by atoms with Crippen molar-refractivity contribution in [3.8, 4) is 0 Å². The van der Waals surface area contributed by atoms with E-state index in [9.17, 15) is 18.0 Å². The molecule has 0 bridgehead atoms. The van der Waals surface area contributed by atoms with Crippen LogP contribution in [0.5, 0.6) is 0 Å². The molecule has 28 heavy (non-hydrogen) atoms. The molecular weight excluding hydrogens is 378 g/mol. The zero-order valence-corrected chi connectivity index (χ0v) is 17.2. The summed E-state index contributed by atoms with van der Waals surface area (Å²) in [4.78, 5) is 24.5. The van der Waals surface area contributed by atoms with E-state index in [-0.39, 0.29) is 18.1 Å². The Bertz CT molecular complexity index is 949. The minimum atomic E-state index is -3.67. The lowest BCUT2D eigenvalue weighted by Gasteiger charge is -2.16. The number of carbonyl (C=O) groups excluding carboxylic acids is 2. The van der Waals surface area contributed by atoms with Crippen LogP contribution in [0.2, 0.25) is 0 Å². The van der Waals surface area contributed by atoms with Crippen LogP contribution in [0.25, 0.3) is 0 Å². The van der Waals surface area contributed by atoms with Gasteiger partial charge in [0, 0.05) is 11.5 Å². The lowest BCUT2D eigenvalue weighted by atomic mass is 9.96. The summed E-state index contributed by atoms with van der Waals surface area (Å²) in [5.74, 6) is -1.07. The smallest absolute Gasteiger partial charge is 0.338 e. The molecule has 0 saturated heterocycles. The van der Waals surface area contributed by atoms with Gasteiger partial charge in [0.25, 0.3) is 5.91 Å². The number of nitrogens with one attached hydrogen (secondary N) is 1. The molecule has 0 heterocycles. The number of carbonyl (C=O) groups is 2. The van der Waals surface area contributed by atoms with Crippen LogP contribution in [0.4, 0.5) is 0 Å². The number of hydrogen-bond acceptors (Lipinski definition) is 5. The van der Waals surface area contributed by atoms with Crippen LogP contribution in [-0.2, 0) is 14.8 Å². The molecule has 150 valence electrons. The van der Waals surface area contributed by atoms with Crippen molar-refractivity contribution in [1.29, 1.82) is 0 Å². The van der Waals surface area contributed by atoms with E-state index < -0.39 is 21.9 Å². The van der Waals surface area contributed by atoms with Crippen molar-refractivity contribution in [2.24, 2.45) is 0 Å². The molecule has 2 aromatic rings. The third kappa shape index (κ3) is 5.92. The van der Waals surface area contributed by atoms with Gasteiger partial charge in [-0.25, -0.2) is 17.9 Å². The van der Waals surface area contributed by atoms with Gasteiger partial charge in [0.2, 0.25) is 10.0 Å². The molecular formula is C21H25NO5S. The van der Waals surface area contributed by atoms with Gasteiger partial charge in [0.05, 0.1) is 18.4 Å². The first-order chi connectivity index (χ1) is 13.1. The summed E-state index contributed by atoms with van der Waals surface area (Å²) in [6, 6.07) is 13.9. The quantitative estimate of drug-likeness (QED) is 0.715. The molecule has 1 N–H and O–H groups in total. The normalized spacial score (nSPS) is 12.5. The number of hydrogen-bond donors (Lipinski definition) is 1. The first-order valence-corrected chi connectivity index (χ1v) is 10.9. The number of ether oxygens (including phenoxy) is 1. The van der Waals surface area contributed by atoms with Gasteiger partial charge in [0.15, 0.2) is 0 Å².